The van der Waals surface area contributed by atoms with Crippen molar-refractivity contribution >= 4 is 5.91 Å². The van der Waals surface area contributed by atoms with Crippen LogP contribution in [0.5, 0.6) is 0 Å². The normalized spacial score (nSPS) is 18.4. The number of amides is 1. The quantitative estimate of drug-likeness (QED) is 0.837. The zero-order valence-corrected chi connectivity index (χ0v) is 14.3. The highest BCUT2D eigenvalue weighted by Crippen LogP contribution is 2.31. The minimum Gasteiger partial charge on any atom is -0.389 e. The molecule has 0 bridgehead atoms. The monoisotopic (exact) mass is 340 g/mol. The number of rotatable bonds is 6. The van der Waals surface area contributed by atoms with Crippen LogP contribution in [-0.4, -0.2) is 42.2 Å². The maximum atomic E-state index is 14.0. The van der Waals surface area contributed by atoms with Gasteiger partial charge in [0.05, 0.1) is 18.1 Å². The highest BCUT2D eigenvalue weighted by molar-refractivity contribution is 5.77. The van der Waals surface area contributed by atoms with Gasteiger partial charge in [-0.15, -0.1) is 0 Å². The van der Waals surface area contributed by atoms with E-state index in [-0.39, 0.29) is 24.4 Å². The average Bonchev–Trinajstić information content (AvgIpc) is 2.50. The van der Waals surface area contributed by atoms with Gasteiger partial charge in [0.1, 0.15) is 11.6 Å². The standard InChI is InChI=1S/C18H26F2N2O2/c1-22(2)15(17-13(19)7-6-8-14(17)20)12-21-16(23)11-18(24)9-4-3-5-10-18/h6-8,15,24H,3-5,9-12H2,1-2H3,(H,21,23). The van der Waals surface area contributed by atoms with Crippen LogP contribution in [0, 0.1) is 11.6 Å². The molecular weight excluding hydrogens is 314 g/mol. The number of hydrogen-bond donors (Lipinski definition) is 2. The Morgan fingerprint density at radius 3 is 2.38 bits per heavy atom. The number of hydrogen-bond acceptors (Lipinski definition) is 3. The summed E-state index contributed by atoms with van der Waals surface area (Å²) in [5.74, 6) is -1.55. The Morgan fingerprint density at radius 1 is 1.25 bits per heavy atom. The van der Waals surface area contributed by atoms with Crippen LogP contribution in [0.3, 0.4) is 0 Å². The fourth-order valence-electron chi connectivity index (χ4n) is 3.33. The summed E-state index contributed by atoms with van der Waals surface area (Å²) in [6.45, 7) is 0.0831. The summed E-state index contributed by atoms with van der Waals surface area (Å²) in [6.07, 6.45) is 4.21. The van der Waals surface area contributed by atoms with Crippen LogP contribution in [-0.2, 0) is 4.79 Å². The van der Waals surface area contributed by atoms with Gasteiger partial charge in [0.2, 0.25) is 5.91 Å². The number of carbonyl (C=O) groups is 1. The third-order valence-electron chi connectivity index (χ3n) is 4.72. The summed E-state index contributed by atoms with van der Waals surface area (Å²) in [6, 6.07) is 3.12. The molecule has 1 aromatic carbocycles. The van der Waals surface area contributed by atoms with E-state index in [1.165, 1.54) is 18.2 Å². The second kappa shape index (κ2) is 8.03. The van der Waals surface area contributed by atoms with Gasteiger partial charge in [-0.3, -0.25) is 4.79 Å². The van der Waals surface area contributed by atoms with Crippen LogP contribution in [0.4, 0.5) is 8.78 Å². The summed E-state index contributed by atoms with van der Waals surface area (Å²) in [5, 5.41) is 13.1. The predicted octanol–water partition coefficient (Wildman–Crippen LogP) is 2.77. The molecule has 1 saturated carbocycles. The Labute approximate surface area is 141 Å². The van der Waals surface area contributed by atoms with E-state index in [2.05, 4.69) is 5.32 Å². The fourth-order valence-corrected chi connectivity index (χ4v) is 3.33. The van der Waals surface area contributed by atoms with E-state index in [1.807, 2.05) is 0 Å². The number of nitrogens with zero attached hydrogens (tertiary/aromatic N) is 1. The van der Waals surface area contributed by atoms with Crippen LogP contribution in [0.1, 0.15) is 50.1 Å². The van der Waals surface area contributed by atoms with Crippen molar-refractivity contribution in [1.29, 1.82) is 0 Å². The van der Waals surface area contributed by atoms with Crippen molar-refractivity contribution in [2.75, 3.05) is 20.6 Å². The number of nitrogens with one attached hydrogen (secondary N) is 1. The van der Waals surface area contributed by atoms with Gasteiger partial charge in [-0.05, 0) is 39.1 Å². The summed E-state index contributed by atoms with van der Waals surface area (Å²) in [5.41, 5.74) is -1.00. The summed E-state index contributed by atoms with van der Waals surface area (Å²) in [4.78, 5) is 13.8. The molecule has 1 aromatic rings. The van der Waals surface area contributed by atoms with Gasteiger partial charge in [0, 0.05) is 12.1 Å². The molecule has 134 valence electrons. The maximum Gasteiger partial charge on any atom is 0.222 e. The molecule has 2 N–H and O–H groups in total. The van der Waals surface area contributed by atoms with Gasteiger partial charge >= 0.3 is 0 Å². The second-order valence-corrected chi connectivity index (χ2v) is 6.88. The van der Waals surface area contributed by atoms with Crippen LogP contribution < -0.4 is 5.32 Å². The maximum absolute atomic E-state index is 14.0. The molecule has 4 nitrogen and oxygen atoms in total. The molecule has 1 aliphatic rings. The van der Waals surface area contributed by atoms with Crippen molar-refractivity contribution in [3.8, 4) is 0 Å². The van der Waals surface area contributed by atoms with Crippen LogP contribution >= 0.6 is 0 Å². The van der Waals surface area contributed by atoms with Crippen molar-refractivity contribution in [3.63, 3.8) is 0 Å². The summed E-state index contributed by atoms with van der Waals surface area (Å²) >= 11 is 0. The van der Waals surface area contributed by atoms with Crippen molar-refractivity contribution in [1.82, 2.24) is 10.2 Å². The molecule has 0 spiro atoms. The molecule has 0 heterocycles. The van der Waals surface area contributed by atoms with Crippen LogP contribution in [0.25, 0.3) is 0 Å². The minimum absolute atomic E-state index is 0.0346. The van der Waals surface area contributed by atoms with Crippen LogP contribution in [0.2, 0.25) is 0 Å². The lowest BCUT2D eigenvalue weighted by Gasteiger charge is -2.32. The molecule has 0 aromatic heterocycles. The fraction of sp³-hybridized carbons (Fsp3) is 0.611. The molecular formula is C18H26F2N2O2. The first-order chi connectivity index (χ1) is 11.3. The number of likely N-dealkylation sites (N-methyl/N-ethyl adjacent to an activating group) is 1. The zero-order valence-electron chi connectivity index (χ0n) is 14.3. The molecule has 2 rings (SSSR count). The Morgan fingerprint density at radius 2 is 1.83 bits per heavy atom. The molecule has 1 unspecified atom stereocenters. The molecule has 24 heavy (non-hydrogen) atoms. The number of carbonyl (C=O) groups excluding carboxylic acids is 1. The van der Waals surface area contributed by atoms with E-state index in [4.69, 9.17) is 0 Å². The smallest absolute Gasteiger partial charge is 0.222 e. The van der Waals surface area contributed by atoms with Gasteiger partial charge in [-0.25, -0.2) is 8.78 Å². The number of benzene rings is 1. The third-order valence-corrected chi connectivity index (χ3v) is 4.72. The van der Waals surface area contributed by atoms with E-state index >= 15 is 0 Å². The van der Waals surface area contributed by atoms with Crippen molar-refractivity contribution in [2.24, 2.45) is 0 Å². The van der Waals surface area contributed by atoms with Gasteiger partial charge in [0.25, 0.3) is 0 Å². The highest BCUT2D eigenvalue weighted by Gasteiger charge is 2.32. The van der Waals surface area contributed by atoms with Gasteiger partial charge in [-0.1, -0.05) is 25.3 Å². The summed E-state index contributed by atoms with van der Waals surface area (Å²) in [7, 11) is 3.41. The topological polar surface area (TPSA) is 52.6 Å². The lowest BCUT2D eigenvalue weighted by Crippen LogP contribution is -2.41. The lowest BCUT2D eigenvalue weighted by molar-refractivity contribution is -0.127. The van der Waals surface area contributed by atoms with E-state index in [0.29, 0.717) is 12.8 Å². The first-order valence-corrected chi connectivity index (χ1v) is 8.42. The highest BCUT2D eigenvalue weighted by atomic mass is 19.1. The molecule has 0 radical (unpaired) electrons. The Balaban J connectivity index is 2.00. The molecule has 6 heteroatoms. The Hall–Kier alpha value is -1.53. The number of aliphatic hydroxyl groups is 1. The SMILES string of the molecule is CN(C)C(CNC(=O)CC1(O)CCCCC1)c1c(F)cccc1F. The van der Waals surface area contributed by atoms with E-state index in [0.717, 1.165) is 19.3 Å². The first kappa shape index (κ1) is 18.8. The zero-order chi connectivity index (χ0) is 17.7. The van der Waals surface area contributed by atoms with Crippen molar-refractivity contribution in [2.45, 2.75) is 50.2 Å². The van der Waals surface area contributed by atoms with Crippen molar-refractivity contribution < 1.29 is 18.7 Å². The molecule has 1 fully saturated rings. The largest absolute Gasteiger partial charge is 0.389 e. The van der Waals surface area contributed by atoms with Gasteiger partial charge in [0.15, 0.2) is 0 Å². The molecule has 1 atom stereocenters. The first-order valence-electron chi connectivity index (χ1n) is 8.42. The summed E-state index contributed by atoms with van der Waals surface area (Å²) < 4.78 is 28.0. The Kier molecular flexibility index (Phi) is 6.29. The van der Waals surface area contributed by atoms with Gasteiger partial charge < -0.3 is 15.3 Å². The van der Waals surface area contributed by atoms with Gasteiger partial charge in [-0.2, -0.15) is 0 Å². The predicted molar refractivity (Wildman–Crippen MR) is 88.4 cm³/mol. The Bertz CT molecular complexity index is 552. The van der Waals surface area contributed by atoms with Crippen LogP contribution in [0.15, 0.2) is 18.2 Å². The minimum atomic E-state index is -0.945. The van der Waals surface area contributed by atoms with E-state index in [9.17, 15) is 18.7 Å². The third kappa shape index (κ3) is 4.74. The van der Waals surface area contributed by atoms with E-state index in [1.54, 1.807) is 19.0 Å². The molecule has 0 saturated heterocycles. The lowest BCUT2D eigenvalue weighted by atomic mass is 9.82. The average molecular weight is 340 g/mol. The van der Waals surface area contributed by atoms with Crippen molar-refractivity contribution in [3.05, 3.63) is 35.4 Å². The molecule has 0 aliphatic heterocycles. The molecule has 1 amide bonds. The van der Waals surface area contributed by atoms with E-state index < -0.39 is 23.3 Å². The molecule has 1 aliphatic carbocycles. The second-order valence-electron chi connectivity index (χ2n) is 6.88. The number of halogens is 2.